The quantitative estimate of drug-likeness (QED) is 0.921. The fourth-order valence-corrected chi connectivity index (χ4v) is 3.24. The molecule has 1 fully saturated rings. The van der Waals surface area contributed by atoms with Gasteiger partial charge in [-0.3, -0.25) is 0 Å². The van der Waals surface area contributed by atoms with E-state index in [2.05, 4.69) is 26.1 Å². The second-order valence-corrected chi connectivity index (χ2v) is 6.34. The number of aromatic nitrogens is 2. The molecule has 108 valence electrons. The van der Waals surface area contributed by atoms with Crippen LogP contribution in [0.5, 0.6) is 0 Å². The molecule has 6 heteroatoms. The Bertz CT molecular complexity index is 572. The lowest BCUT2D eigenvalue weighted by Crippen LogP contribution is -2.35. The third-order valence-electron chi connectivity index (χ3n) is 4.14. The SMILES string of the molecule is NCC1(Cc2nc(-c3ccc(Br)o3)no2)CCCCC1. The molecule has 2 aromatic heterocycles. The van der Waals surface area contributed by atoms with Crippen molar-refractivity contribution < 1.29 is 8.94 Å². The van der Waals surface area contributed by atoms with Gasteiger partial charge in [0.2, 0.25) is 11.7 Å². The van der Waals surface area contributed by atoms with Gasteiger partial charge < -0.3 is 14.7 Å². The highest BCUT2D eigenvalue weighted by atomic mass is 79.9. The Morgan fingerprint density at radius 3 is 2.70 bits per heavy atom. The summed E-state index contributed by atoms with van der Waals surface area (Å²) in [5.41, 5.74) is 6.12. The first kappa shape index (κ1) is 13.8. The van der Waals surface area contributed by atoms with Crippen molar-refractivity contribution in [1.29, 1.82) is 0 Å². The molecular weight excluding hydrogens is 322 g/mol. The van der Waals surface area contributed by atoms with Crippen LogP contribution in [0.2, 0.25) is 0 Å². The molecule has 0 amide bonds. The number of nitrogens with zero attached hydrogens (tertiary/aromatic N) is 2. The van der Waals surface area contributed by atoms with Crippen molar-refractivity contribution in [3.05, 3.63) is 22.7 Å². The van der Waals surface area contributed by atoms with Gasteiger partial charge in [0.15, 0.2) is 10.4 Å². The summed E-state index contributed by atoms with van der Waals surface area (Å²) in [5.74, 6) is 1.76. The van der Waals surface area contributed by atoms with Crippen LogP contribution >= 0.6 is 15.9 Å². The number of furan rings is 1. The van der Waals surface area contributed by atoms with Crippen molar-refractivity contribution in [3.63, 3.8) is 0 Å². The van der Waals surface area contributed by atoms with Gasteiger partial charge >= 0.3 is 0 Å². The van der Waals surface area contributed by atoms with Crippen LogP contribution in [0.3, 0.4) is 0 Å². The van der Waals surface area contributed by atoms with Crippen molar-refractivity contribution in [1.82, 2.24) is 10.1 Å². The van der Waals surface area contributed by atoms with E-state index in [0.717, 1.165) is 19.3 Å². The van der Waals surface area contributed by atoms with Crippen molar-refractivity contribution in [2.75, 3.05) is 6.54 Å². The predicted molar refractivity (Wildman–Crippen MR) is 78.0 cm³/mol. The smallest absolute Gasteiger partial charge is 0.238 e. The molecule has 2 heterocycles. The van der Waals surface area contributed by atoms with Crippen LogP contribution in [0.1, 0.15) is 38.0 Å². The summed E-state index contributed by atoms with van der Waals surface area (Å²) >= 11 is 3.27. The molecule has 0 unspecified atom stereocenters. The molecular formula is C14H18BrN3O2. The zero-order chi connectivity index (χ0) is 14.0. The van der Waals surface area contributed by atoms with E-state index < -0.39 is 0 Å². The summed E-state index contributed by atoms with van der Waals surface area (Å²) in [4.78, 5) is 4.43. The van der Waals surface area contributed by atoms with E-state index in [1.807, 2.05) is 12.1 Å². The first-order chi connectivity index (χ1) is 9.71. The molecule has 0 spiro atoms. The average Bonchev–Trinajstić information content (AvgIpc) is 3.09. The molecule has 0 radical (unpaired) electrons. The van der Waals surface area contributed by atoms with Crippen LogP contribution in [0, 0.1) is 5.41 Å². The van der Waals surface area contributed by atoms with Crippen LogP contribution < -0.4 is 5.73 Å². The predicted octanol–water partition coefficient (Wildman–Crippen LogP) is 3.54. The molecule has 20 heavy (non-hydrogen) atoms. The normalized spacial score (nSPS) is 18.3. The van der Waals surface area contributed by atoms with Crippen molar-refractivity contribution in [2.45, 2.75) is 38.5 Å². The molecule has 0 bridgehead atoms. The lowest BCUT2D eigenvalue weighted by atomic mass is 9.72. The summed E-state index contributed by atoms with van der Waals surface area (Å²) in [7, 11) is 0. The van der Waals surface area contributed by atoms with Gasteiger partial charge in [-0.2, -0.15) is 4.98 Å². The fourth-order valence-electron chi connectivity index (χ4n) is 2.94. The van der Waals surface area contributed by atoms with Crippen molar-refractivity contribution >= 4 is 15.9 Å². The second-order valence-electron chi connectivity index (χ2n) is 5.56. The summed E-state index contributed by atoms with van der Waals surface area (Å²) in [6.45, 7) is 0.678. The monoisotopic (exact) mass is 339 g/mol. The van der Waals surface area contributed by atoms with Gasteiger partial charge in [0.1, 0.15) is 0 Å². The van der Waals surface area contributed by atoms with E-state index in [1.54, 1.807) is 0 Å². The fraction of sp³-hybridized carbons (Fsp3) is 0.571. The van der Waals surface area contributed by atoms with Crippen LogP contribution in [-0.2, 0) is 6.42 Å². The Labute approximate surface area is 126 Å². The van der Waals surface area contributed by atoms with Crippen LogP contribution in [0.15, 0.2) is 25.7 Å². The zero-order valence-electron chi connectivity index (χ0n) is 11.3. The average molecular weight is 340 g/mol. The van der Waals surface area contributed by atoms with Gasteiger partial charge in [-0.1, -0.05) is 24.4 Å². The molecule has 2 aromatic rings. The number of halogens is 1. The van der Waals surface area contributed by atoms with Gasteiger partial charge in [0.05, 0.1) is 0 Å². The molecule has 2 N–H and O–H groups in total. The van der Waals surface area contributed by atoms with E-state index in [4.69, 9.17) is 14.7 Å². The molecule has 5 nitrogen and oxygen atoms in total. The molecule has 1 aliphatic rings. The molecule has 1 aliphatic carbocycles. The van der Waals surface area contributed by atoms with Crippen LogP contribution in [-0.4, -0.2) is 16.7 Å². The first-order valence-electron chi connectivity index (χ1n) is 6.99. The maximum absolute atomic E-state index is 5.99. The van der Waals surface area contributed by atoms with E-state index in [1.165, 1.54) is 19.3 Å². The summed E-state index contributed by atoms with van der Waals surface area (Å²) in [6.07, 6.45) is 6.84. The van der Waals surface area contributed by atoms with Gasteiger partial charge in [-0.15, -0.1) is 0 Å². The number of nitrogens with two attached hydrogens (primary N) is 1. The number of rotatable bonds is 4. The van der Waals surface area contributed by atoms with E-state index >= 15 is 0 Å². The minimum absolute atomic E-state index is 0.131. The second kappa shape index (κ2) is 5.69. The highest BCUT2D eigenvalue weighted by molar-refractivity contribution is 9.10. The van der Waals surface area contributed by atoms with Gasteiger partial charge in [-0.05, 0) is 52.9 Å². The standard InChI is InChI=1S/C14H18BrN3O2/c15-11-5-4-10(19-11)13-17-12(20-18-13)8-14(9-16)6-2-1-3-7-14/h4-5H,1-3,6-9,16H2. The highest BCUT2D eigenvalue weighted by Crippen LogP contribution is 2.38. The minimum Gasteiger partial charge on any atom is -0.446 e. The third-order valence-corrected chi connectivity index (χ3v) is 4.56. The maximum atomic E-state index is 5.99. The minimum atomic E-state index is 0.131. The molecule has 0 aliphatic heterocycles. The van der Waals surface area contributed by atoms with Crippen molar-refractivity contribution in [3.8, 4) is 11.6 Å². The highest BCUT2D eigenvalue weighted by Gasteiger charge is 2.33. The lowest BCUT2D eigenvalue weighted by molar-refractivity contribution is 0.177. The number of hydrogen-bond acceptors (Lipinski definition) is 5. The van der Waals surface area contributed by atoms with E-state index in [0.29, 0.717) is 28.7 Å². The molecule has 0 aromatic carbocycles. The first-order valence-corrected chi connectivity index (χ1v) is 7.78. The van der Waals surface area contributed by atoms with Crippen LogP contribution in [0.4, 0.5) is 0 Å². The molecule has 0 saturated heterocycles. The summed E-state index contributed by atoms with van der Waals surface area (Å²) < 4.78 is 11.5. The Kier molecular flexibility index (Phi) is 3.94. The van der Waals surface area contributed by atoms with Gasteiger partial charge in [-0.25, -0.2) is 0 Å². The molecule has 3 rings (SSSR count). The van der Waals surface area contributed by atoms with Gasteiger partial charge in [0.25, 0.3) is 0 Å². The largest absolute Gasteiger partial charge is 0.446 e. The molecule has 0 atom stereocenters. The van der Waals surface area contributed by atoms with Gasteiger partial charge in [0, 0.05) is 6.42 Å². The summed E-state index contributed by atoms with van der Waals surface area (Å²) in [5, 5.41) is 3.99. The third kappa shape index (κ3) is 2.81. The van der Waals surface area contributed by atoms with Crippen molar-refractivity contribution in [2.24, 2.45) is 11.1 Å². The van der Waals surface area contributed by atoms with Crippen LogP contribution in [0.25, 0.3) is 11.6 Å². The topological polar surface area (TPSA) is 78.1 Å². The Morgan fingerprint density at radius 1 is 1.25 bits per heavy atom. The maximum Gasteiger partial charge on any atom is 0.238 e. The molecule has 1 saturated carbocycles. The summed E-state index contributed by atoms with van der Waals surface area (Å²) in [6, 6.07) is 3.63. The Morgan fingerprint density at radius 2 is 2.05 bits per heavy atom. The van der Waals surface area contributed by atoms with E-state index in [-0.39, 0.29) is 5.41 Å². The zero-order valence-corrected chi connectivity index (χ0v) is 12.9. The Balaban J connectivity index is 1.76. The Hall–Kier alpha value is -1.14. The lowest BCUT2D eigenvalue weighted by Gasteiger charge is -2.34. The van der Waals surface area contributed by atoms with E-state index in [9.17, 15) is 0 Å². The number of hydrogen-bond donors (Lipinski definition) is 1.